The van der Waals surface area contributed by atoms with Crippen molar-refractivity contribution in [2.24, 2.45) is 0 Å². The van der Waals surface area contributed by atoms with E-state index in [0.717, 1.165) is 24.4 Å². The quantitative estimate of drug-likeness (QED) is 0.906. The van der Waals surface area contributed by atoms with Gasteiger partial charge in [-0.1, -0.05) is 11.6 Å². The van der Waals surface area contributed by atoms with Gasteiger partial charge in [-0.05, 0) is 50.6 Å². The van der Waals surface area contributed by atoms with E-state index >= 15 is 0 Å². The van der Waals surface area contributed by atoms with Crippen LogP contribution in [0.2, 0.25) is 5.02 Å². The topological polar surface area (TPSA) is 33.7 Å². The van der Waals surface area contributed by atoms with Gasteiger partial charge < -0.3 is 19.7 Å². The van der Waals surface area contributed by atoms with Crippen LogP contribution in [0.1, 0.15) is 25.3 Å². The van der Waals surface area contributed by atoms with Crippen LogP contribution >= 0.6 is 11.6 Å². The smallest absolute Gasteiger partial charge is 0.231 e. The first-order valence-corrected chi connectivity index (χ1v) is 7.64. The van der Waals surface area contributed by atoms with Crippen molar-refractivity contribution in [1.82, 2.24) is 10.2 Å². The number of hydrogen-bond acceptors (Lipinski definition) is 4. The lowest BCUT2D eigenvalue weighted by Gasteiger charge is -2.21. The predicted octanol–water partition coefficient (Wildman–Crippen LogP) is 2.64. The number of nitrogens with zero attached hydrogens (tertiary/aromatic N) is 1. The molecule has 1 N–H and O–H groups in total. The highest BCUT2D eigenvalue weighted by atomic mass is 35.5. The molecule has 0 radical (unpaired) electrons. The first-order valence-electron chi connectivity index (χ1n) is 7.26. The second kappa shape index (κ2) is 6.20. The molecule has 20 heavy (non-hydrogen) atoms. The molecule has 4 nitrogen and oxygen atoms in total. The molecule has 2 aliphatic rings. The molecule has 110 valence electrons. The van der Waals surface area contributed by atoms with Gasteiger partial charge in [0.25, 0.3) is 0 Å². The fourth-order valence-corrected chi connectivity index (χ4v) is 3.12. The van der Waals surface area contributed by atoms with E-state index < -0.39 is 0 Å². The summed E-state index contributed by atoms with van der Waals surface area (Å²) in [4.78, 5) is 2.52. The molecule has 0 aromatic heterocycles. The number of benzene rings is 1. The summed E-state index contributed by atoms with van der Waals surface area (Å²) in [6.45, 7) is 6.87. The normalized spacial score (nSPS) is 19.5. The molecule has 0 bridgehead atoms. The lowest BCUT2D eigenvalue weighted by Crippen LogP contribution is -2.37. The zero-order valence-electron chi connectivity index (χ0n) is 11.8. The maximum Gasteiger partial charge on any atom is 0.231 e. The Morgan fingerprint density at radius 2 is 2.10 bits per heavy atom. The van der Waals surface area contributed by atoms with Crippen LogP contribution in [0, 0.1) is 0 Å². The third kappa shape index (κ3) is 3.19. The highest BCUT2D eigenvalue weighted by Gasteiger charge is 2.19. The number of fused-ring (bicyclic) bond motifs is 1. The summed E-state index contributed by atoms with van der Waals surface area (Å²) in [5, 5.41) is 4.18. The van der Waals surface area contributed by atoms with Gasteiger partial charge >= 0.3 is 0 Å². The van der Waals surface area contributed by atoms with Gasteiger partial charge in [0.15, 0.2) is 11.5 Å². The number of halogens is 1. The van der Waals surface area contributed by atoms with Crippen molar-refractivity contribution in [2.75, 3.05) is 26.4 Å². The molecule has 1 fully saturated rings. The van der Waals surface area contributed by atoms with Gasteiger partial charge in [-0.3, -0.25) is 0 Å². The molecular weight excluding hydrogens is 276 g/mol. The van der Waals surface area contributed by atoms with E-state index in [1.54, 1.807) is 0 Å². The van der Waals surface area contributed by atoms with E-state index in [1.807, 2.05) is 12.1 Å². The molecule has 2 heterocycles. The Morgan fingerprint density at radius 1 is 1.30 bits per heavy atom. The minimum absolute atomic E-state index is 0.261. The second-order valence-electron chi connectivity index (χ2n) is 5.60. The van der Waals surface area contributed by atoms with Crippen LogP contribution in [0.25, 0.3) is 0 Å². The molecule has 5 heteroatoms. The summed E-state index contributed by atoms with van der Waals surface area (Å²) in [5.74, 6) is 1.42. The first-order chi connectivity index (χ1) is 9.72. The van der Waals surface area contributed by atoms with Crippen LogP contribution in [-0.2, 0) is 6.54 Å². The SMILES string of the molecule is CC(CN1CCCC1)NCc1cc(Cl)c2c(c1)OCO2. The summed E-state index contributed by atoms with van der Waals surface area (Å²) in [6, 6.07) is 4.42. The number of ether oxygens (including phenoxy) is 2. The van der Waals surface area contributed by atoms with E-state index in [4.69, 9.17) is 21.1 Å². The van der Waals surface area contributed by atoms with Crippen LogP contribution in [0.3, 0.4) is 0 Å². The zero-order valence-corrected chi connectivity index (χ0v) is 12.6. The molecule has 0 aliphatic carbocycles. The van der Waals surface area contributed by atoms with Crippen LogP contribution in [-0.4, -0.2) is 37.4 Å². The van der Waals surface area contributed by atoms with E-state index in [9.17, 15) is 0 Å². The molecular formula is C15H21ClN2O2. The van der Waals surface area contributed by atoms with Crippen molar-refractivity contribution in [3.63, 3.8) is 0 Å². The Balaban J connectivity index is 1.54. The summed E-state index contributed by atoms with van der Waals surface area (Å²) in [6.07, 6.45) is 2.68. The van der Waals surface area contributed by atoms with E-state index in [-0.39, 0.29) is 6.79 Å². The average molecular weight is 297 g/mol. The number of hydrogen-bond donors (Lipinski definition) is 1. The Morgan fingerprint density at radius 3 is 2.90 bits per heavy atom. The van der Waals surface area contributed by atoms with Crippen LogP contribution in [0.5, 0.6) is 11.5 Å². The van der Waals surface area contributed by atoms with Crippen molar-refractivity contribution in [3.05, 3.63) is 22.7 Å². The lowest BCUT2D eigenvalue weighted by molar-refractivity contribution is 0.174. The maximum atomic E-state index is 6.19. The maximum absolute atomic E-state index is 6.19. The van der Waals surface area contributed by atoms with Crippen LogP contribution in [0.15, 0.2) is 12.1 Å². The minimum Gasteiger partial charge on any atom is -0.454 e. The summed E-state index contributed by atoms with van der Waals surface area (Å²) < 4.78 is 10.7. The predicted molar refractivity (Wildman–Crippen MR) is 79.6 cm³/mol. The molecule has 1 aromatic carbocycles. The van der Waals surface area contributed by atoms with Gasteiger partial charge in [0.1, 0.15) is 0 Å². The standard InChI is InChI=1S/C15H21ClN2O2/c1-11(9-18-4-2-3-5-18)17-8-12-6-13(16)15-14(7-12)19-10-20-15/h6-7,11,17H,2-5,8-10H2,1H3. The zero-order chi connectivity index (χ0) is 13.9. The molecule has 0 amide bonds. The van der Waals surface area contributed by atoms with Crippen LogP contribution in [0.4, 0.5) is 0 Å². The van der Waals surface area contributed by atoms with Crippen molar-refractivity contribution in [2.45, 2.75) is 32.4 Å². The molecule has 0 spiro atoms. The summed E-state index contributed by atoms with van der Waals surface area (Å²) in [7, 11) is 0. The van der Waals surface area contributed by atoms with Gasteiger partial charge in [0, 0.05) is 19.1 Å². The van der Waals surface area contributed by atoms with Crippen molar-refractivity contribution < 1.29 is 9.47 Å². The number of rotatable bonds is 5. The molecule has 1 unspecified atom stereocenters. The second-order valence-corrected chi connectivity index (χ2v) is 6.01. The number of nitrogens with one attached hydrogen (secondary N) is 1. The third-order valence-corrected chi connectivity index (χ3v) is 4.15. The Hall–Kier alpha value is -0.970. The molecule has 1 atom stereocenters. The summed E-state index contributed by atoms with van der Waals surface area (Å²) in [5.41, 5.74) is 1.13. The highest BCUT2D eigenvalue weighted by molar-refractivity contribution is 6.32. The highest BCUT2D eigenvalue weighted by Crippen LogP contribution is 2.39. The first kappa shape index (κ1) is 14.0. The van der Waals surface area contributed by atoms with E-state index in [0.29, 0.717) is 16.8 Å². The van der Waals surface area contributed by atoms with Crippen molar-refractivity contribution >= 4 is 11.6 Å². The monoisotopic (exact) mass is 296 g/mol. The fraction of sp³-hybridized carbons (Fsp3) is 0.600. The Labute approximate surface area is 125 Å². The molecule has 3 rings (SSSR count). The lowest BCUT2D eigenvalue weighted by atomic mass is 10.2. The van der Waals surface area contributed by atoms with Crippen molar-refractivity contribution in [3.8, 4) is 11.5 Å². The Bertz CT molecular complexity index is 475. The van der Waals surface area contributed by atoms with Gasteiger partial charge in [0.05, 0.1) is 5.02 Å². The van der Waals surface area contributed by atoms with Gasteiger partial charge in [-0.25, -0.2) is 0 Å². The summed E-state index contributed by atoms with van der Waals surface area (Å²) >= 11 is 6.19. The van der Waals surface area contributed by atoms with Gasteiger partial charge in [0.2, 0.25) is 6.79 Å². The number of likely N-dealkylation sites (tertiary alicyclic amines) is 1. The van der Waals surface area contributed by atoms with Crippen LogP contribution < -0.4 is 14.8 Å². The average Bonchev–Trinajstić information content (AvgIpc) is 3.07. The largest absolute Gasteiger partial charge is 0.454 e. The Kier molecular flexibility index (Phi) is 4.34. The van der Waals surface area contributed by atoms with E-state index in [1.165, 1.54) is 25.9 Å². The van der Waals surface area contributed by atoms with Gasteiger partial charge in [-0.15, -0.1) is 0 Å². The molecule has 1 aromatic rings. The third-order valence-electron chi connectivity index (χ3n) is 3.87. The molecule has 1 saturated heterocycles. The fourth-order valence-electron chi connectivity index (χ4n) is 2.83. The van der Waals surface area contributed by atoms with Gasteiger partial charge in [-0.2, -0.15) is 0 Å². The van der Waals surface area contributed by atoms with Crippen molar-refractivity contribution in [1.29, 1.82) is 0 Å². The molecule has 2 aliphatic heterocycles. The minimum atomic E-state index is 0.261. The molecule has 0 saturated carbocycles. The van der Waals surface area contributed by atoms with E-state index in [2.05, 4.69) is 17.1 Å².